The molecule has 1 aliphatic rings. The molecule has 130 valence electrons. The van der Waals surface area contributed by atoms with E-state index in [-0.39, 0.29) is 22.2 Å². The standard InChI is InChI=1S/C18H13ClN4O3/c19-16-9-13(23(25)26)5-6-15(16)18(24)21-11-14-7-8-20-22(14)10-12-3-1-2-4-17(12)21/h1-9H,10-11H2. The number of amides is 1. The smallest absolute Gasteiger partial charge is 0.270 e. The van der Waals surface area contributed by atoms with Gasteiger partial charge in [-0.2, -0.15) is 5.10 Å². The molecule has 2 aromatic carbocycles. The SMILES string of the molecule is O=C(c1ccc([N+](=O)[O-])cc1Cl)N1Cc2ccnn2Cc2ccccc21. The predicted molar refractivity (Wildman–Crippen MR) is 96.4 cm³/mol. The van der Waals surface area contributed by atoms with Gasteiger partial charge in [0.25, 0.3) is 11.6 Å². The van der Waals surface area contributed by atoms with Gasteiger partial charge < -0.3 is 4.90 Å². The van der Waals surface area contributed by atoms with Gasteiger partial charge in [-0.15, -0.1) is 0 Å². The number of nitrogens with zero attached hydrogens (tertiary/aromatic N) is 4. The number of fused-ring (bicyclic) bond motifs is 2. The molecule has 0 saturated heterocycles. The van der Waals surface area contributed by atoms with Gasteiger partial charge in [0.2, 0.25) is 0 Å². The molecule has 0 spiro atoms. The summed E-state index contributed by atoms with van der Waals surface area (Å²) in [6.45, 7) is 0.902. The molecule has 0 N–H and O–H groups in total. The summed E-state index contributed by atoms with van der Waals surface area (Å²) in [5.74, 6) is -0.313. The van der Waals surface area contributed by atoms with E-state index in [2.05, 4.69) is 5.10 Å². The zero-order valence-electron chi connectivity index (χ0n) is 13.5. The molecule has 0 fully saturated rings. The Balaban J connectivity index is 1.79. The Hall–Kier alpha value is -3.19. The van der Waals surface area contributed by atoms with Crippen LogP contribution in [0.1, 0.15) is 21.6 Å². The van der Waals surface area contributed by atoms with E-state index >= 15 is 0 Å². The minimum Gasteiger partial charge on any atom is -0.302 e. The second-order valence-electron chi connectivity index (χ2n) is 5.92. The van der Waals surface area contributed by atoms with Crippen LogP contribution in [0.3, 0.4) is 0 Å². The molecule has 1 aliphatic heterocycles. The number of benzene rings is 2. The van der Waals surface area contributed by atoms with Crippen LogP contribution >= 0.6 is 11.6 Å². The van der Waals surface area contributed by atoms with Crippen LogP contribution in [-0.4, -0.2) is 20.6 Å². The summed E-state index contributed by atoms with van der Waals surface area (Å²) in [4.78, 5) is 25.2. The van der Waals surface area contributed by atoms with E-state index in [0.717, 1.165) is 16.9 Å². The second kappa shape index (κ2) is 6.27. The highest BCUT2D eigenvalue weighted by Gasteiger charge is 2.27. The molecular formula is C18H13ClN4O3. The van der Waals surface area contributed by atoms with Crippen LogP contribution in [0.15, 0.2) is 54.7 Å². The number of halogens is 1. The molecular weight excluding hydrogens is 356 g/mol. The Morgan fingerprint density at radius 2 is 1.96 bits per heavy atom. The van der Waals surface area contributed by atoms with Crippen LogP contribution < -0.4 is 4.90 Å². The second-order valence-corrected chi connectivity index (χ2v) is 6.33. The summed E-state index contributed by atoms with van der Waals surface area (Å²) >= 11 is 6.17. The zero-order chi connectivity index (χ0) is 18.3. The molecule has 1 aromatic heterocycles. The van der Waals surface area contributed by atoms with E-state index in [1.165, 1.54) is 18.2 Å². The largest absolute Gasteiger partial charge is 0.302 e. The van der Waals surface area contributed by atoms with Crippen molar-refractivity contribution in [3.8, 4) is 0 Å². The molecule has 3 aromatic rings. The van der Waals surface area contributed by atoms with Crippen LogP contribution in [0.5, 0.6) is 0 Å². The van der Waals surface area contributed by atoms with E-state index in [9.17, 15) is 14.9 Å². The van der Waals surface area contributed by atoms with Gasteiger partial charge >= 0.3 is 0 Å². The molecule has 4 rings (SSSR count). The number of hydrogen-bond donors (Lipinski definition) is 0. The Morgan fingerprint density at radius 1 is 1.15 bits per heavy atom. The zero-order valence-corrected chi connectivity index (χ0v) is 14.3. The van der Waals surface area contributed by atoms with Crippen molar-refractivity contribution in [1.82, 2.24) is 9.78 Å². The van der Waals surface area contributed by atoms with Gasteiger partial charge in [0.1, 0.15) is 0 Å². The Labute approximate surface area is 153 Å². The molecule has 0 bridgehead atoms. The number of anilines is 1. The molecule has 0 aliphatic carbocycles. The normalized spacial score (nSPS) is 12.9. The summed E-state index contributed by atoms with van der Waals surface area (Å²) in [5.41, 5.74) is 2.70. The van der Waals surface area contributed by atoms with Gasteiger partial charge in [-0.25, -0.2) is 0 Å². The molecule has 2 heterocycles. The average molecular weight is 369 g/mol. The number of aromatic nitrogens is 2. The number of nitro groups is 1. The third-order valence-electron chi connectivity index (χ3n) is 4.37. The maximum atomic E-state index is 13.2. The average Bonchev–Trinajstić information content (AvgIpc) is 3.00. The maximum absolute atomic E-state index is 13.2. The van der Waals surface area contributed by atoms with Crippen molar-refractivity contribution in [2.45, 2.75) is 13.1 Å². The van der Waals surface area contributed by atoms with E-state index in [1.807, 2.05) is 35.0 Å². The molecule has 7 nitrogen and oxygen atoms in total. The number of para-hydroxylation sites is 1. The summed E-state index contributed by atoms with van der Waals surface area (Å²) in [6.07, 6.45) is 1.70. The number of carbonyl (C=O) groups excluding carboxylic acids is 1. The van der Waals surface area contributed by atoms with E-state index in [1.54, 1.807) is 11.1 Å². The Bertz CT molecular complexity index is 1030. The van der Waals surface area contributed by atoms with Crippen LogP contribution in [0.4, 0.5) is 11.4 Å². The van der Waals surface area contributed by atoms with E-state index in [4.69, 9.17) is 11.6 Å². The quantitative estimate of drug-likeness (QED) is 0.510. The summed E-state index contributed by atoms with van der Waals surface area (Å²) in [7, 11) is 0. The van der Waals surface area contributed by atoms with Gasteiger partial charge in [-0.05, 0) is 23.8 Å². The van der Waals surface area contributed by atoms with Crippen LogP contribution in [0, 0.1) is 10.1 Å². The molecule has 0 unspecified atom stereocenters. The predicted octanol–water partition coefficient (Wildman–Crippen LogP) is 3.65. The van der Waals surface area contributed by atoms with Gasteiger partial charge in [-0.1, -0.05) is 29.8 Å². The number of rotatable bonds is 2. The maximum Gasteiger partial charge on any atom is 0.270 e. The number of hydrogen-bond acceptors (Lipinski definition) is 4. The summed E-state index contributed by atoms with van der Waals surface area (Å²) < 4.78 is 1.85. The first-order chi connectivity index (χ1) is 12.5. The van der Waals surface area contributed by atoms with Crippen LogP contribution in [0.25, 0.3) is 0 Å². The van der Waals surface area contributed by atoms with Gasteiger partial charge in [-0.3, -0.25) is 19.6 Å². The lowest BCUT2D eigenvalue weighted by atomic mass is 10.1. The minimum absolute atomic E-state index is 0.0550. The third kappa shape index (κ3) is 2.72. The lowest BCUT2D eigenvalue weighted by Crippen LogP contribution is -2.30. The topological polar surface area (TPSA) is 81.3 Å². The Morgan fingerprint density at radius 3 is 2.73 bits per heavy atom. The monoisotopic (exact) mass is 368 g/mol. The van der Waals surface area contributed by atoms with Crippen molar-refractivity contribution in [2.24, 2.45) is 0 Å². The van der Waals surface area contributed by atoms with E-state index < -0.39 is 4.92 Å². The van der Waals surface area contributed by atoms with Crippen molar-refractivity contribution in [3.05, 3.63) is 86.7 Å². The lowest BCUT2D eigenvalue weighted by molar-refractivity contribution is -0.384. The van der Waals surface area contributed by atoms with Crippen molar-refractivity contribution < 1.29 is 9.72 Å². The first kappa shape index (κ1) is 16.3. The first-order valence-electron chi connectivity index (χ1n) is 7.89. The van der Waals surface area contributed by atoms with Crippen LogP contribution in [0.2, 0.25) is 5.02 Å². The van der Waals surface area contributed by atoms with Crippen LogP contribution in [-0.2, 0) is 13.1 Å². The molecule has 0 saturated carbocycles. The fourth-order valence-corrected chi connectivity index (χ4v) is 3.33. The van der Waals surface area contributed by atoms with Crippen molar-refractivity contribution in [2.75, 3.05) is 4.90 Å². The highest BCUT2D eigenvalue weighted by molar-refractivity contribution is 6.34. The lowest BCUT2D eigenvalue weighted by Gasteiger charge is -2.23. The van der Waals surface area contributed by atoms with Gasteiger partial charge in [0.15, 0.2) is 0 Å². The highest BCUT2D eigenvalue weighted by Crippen LogP contribution is 2.31. The summed E-state index contributed by atoms with van der Waals surface area (Å²) in [6, 6.07) is 13.3. The molecule has 0 atom stereocenters. The minimum atomic E-state index is -0.542. The van der Waals surface area contributed by atoms with Gasteiger partial charge in [0.05, 0.1) is 34.3 Å². The van der Waals surface area contributed by atoms with Crippen molar-refractivity contribution >= 4 is 28.9 Å². The highest BCUT2D eigenvalue weighted by atomic mass is 35.5. The van der Waals surface area contributed by atoms with Gasteiger partial charge in [0, 0.05) is 24.0 Å². The van der Waals surface area contributed by atoms with Crippen molar-refractivity contribution in [3.63, 3.8) is 0 Å². The molecule has 8 heteroatoms. The third-order valence-corrected chi connectivity index (χ3v) is 4.68. The number of non-ortho nitro benzene ring substituents is 1. The molecule has 0 radical (unpaired) electrons. The van der Waals surface area contributed by atoms with Crippen molar-refractivity contribution in [1.29, 1.82) is 0 Å². The Kier molecular flexibility index (Phi) is 3.93. The number of nitro benzene ring substituents is 1. The first-order valence-corrected chi connectivity index (χ1v) is 8.27. The molecule has 26 heavy (non-hydrogen) atoms. The fraction of sp³-hybridized carbons (Fsp3) is 0.111. The van der Waals surface area contributed by atoms with E-state index in [0.29, 0.717) is 13.1 Å². The molecule has 1 amide bonds. The number of carbonyl (C=O) groups is 1. The fourth-order valence-electron chi connectivity index (χ4n) is 3.07. The summed E-state index contributed by atoms with van der Waals surface area (Å²) in [5, 5.41) is 15.3.